The van der Waals surface area contributed by atoms with Crippen LogP contribution >= 0.6 is 23.2 Å². The van der Waals surface area contributed by atoms with Crippen LogP contribution in [0.1, 0.15) is 0 Å². The number of halogens is 2. The molecule has 2 N–H and O–H groups in total. The van der Waals surface area contributed by atoms with Crippen molar-refractivity contribution in [2.45, 2.75) is 4.90 Å². The molecule has 0 unspecified atom stereocenters. The Labute approximate surface area is 123 Å². The van der Waals surface area contributed by atoms with E-state index in [1.807, 2.05) is 0 Å². The molecular formula is C11H16Cl2N2O3S. The molecule has 0 aliphatic rings. The van der Waals surface area contributed by atoms with E-state index in [-0.39, 0.29) is 21.5 Å². The molecule has 0 aliphatic carbocycles. The minimum Gasteiger partial charge on any atom is -0.383 e. The number of methoxy groups -OCH3 is 1. The van der Waals surface area contributed by atoms with Crippen molar-refractivity contribution in [2.75, 3.05) is 33.4 Å². The lowest BCUT2D eigenvalue weighted by Crippen LogP contribution is -2.33. The predicted molar refractivity (Wildman–Crippen MR) is 76.4 cm³/mol. The normalized spacial score (nSPS) is 11.7. The number of hydrogen-bond donors (Lipinski definition) is 2. The highest BCUT2D eigenvalue weighted by Gasteiger charge is 2.18. The average Bonchev–Trinajstić information content (AvgIpc) is 2.36. The van der Waals surface area contributed by atoms with Crippen LogP contribution in [0.2, 0.25) is 10.0 Å². The Balaban J connectivity index is 2.54. The summed E-state index contributed by atoms with van der Waals surface area (Å²) in [6.45, 7) is 2.00. The molecule has 0 fully saturated rings. The van der Waals surface area contributed by atoms with Crippen molar-refractivity contribution >= 4 is 33.2 Å². The van der Waals surface area contributed by atoms with Gasteiger partial charge in [0.15, 0.2) is 0 Å². The zero-order chi connectivity index (χ0) is 14.3. The Morgan fingerprint density at radius 2 is 1.95 bits per heavy atom. The molecule has 0 saturated heterocycles. The van der Waals surface area contributed by atoms with E-state index in [1.165, 1.54) is 12.1 Å². The highest BCUT2D eigenvalue weighted by Crippen LogP contribution is 2.28. The number of rotatable bonds is 8. The maximum absolute atomic E-state index is 12.0. The zero-order valence-corrected chi connectivity index (χ0v) is 12.8. The van der Waals surface area contributed by atoms with Gasteiger partial charge < -0.3 is 10.1 Å². The zero-order valence-electron chi connectivity index (χ0n) is 10.4. The van der Waals surface area contributed by atoms with Crippen molar-refractivity contribution in [2.24, 2.45) is 0 Å². The second-order valence-corrected chi connectivity index (χ2v) is 6.21. The Morgan fingerprint density at radius 1 is 1.21 bits per heavy atom. The standard InChI is InChI=1S/C11H16Cl2N2O3S/c1-18-8-7-14-5-6-15-19(16,17)10-4-2-3-9(12)11(10)13/h2-4,14-15H,5-8H2,1H3. The number of sulfonamides is 1. The fourth-order valence-electron chi connectivity index (χ4n) is 1.34. The summed E-state index contributed by atoms with van der Waals surface area (Å²) in [4.78, 5) is -0.0152. The predicted octanol–water partition coefficient (Wildman–Crippen LogP) is 1.51. The number of hydrogen-bond acceptors (Lipinski definition) is 4. The van der Waals surface area contributed by atoms with Crippen molar-refractivity contribution in [1.29, 1.82) is 0 Å². The molecule has 0 saturated carbocycles. The number of benzene rings is 1. The smallest absolute Gasteiger partial charge is 0.242 e. The first-order valence-corrected chi connectivity index (χ1v) is 7.86. The van der Waals surface area contributed by atoms with Crippen LogP contribution in [0.5, 0.6) is 0 Å². The van der Waals surface area contributed by atoms with Crippen LogP contribution < -0.4 is 10.0 Å². The Bertz CT molecular complexity index is 509. The van der Waals surface area contributed by atoms with Gasteiger partial charge in [-0.2, -0.15) is 0 Å². The molecule has 0 amide bonds. The summed E-state index contributed by atoms with van der Waals surface area (Å²) < 4.78 is 31.3. The molecule has 0 aliphatic heterocycles. The lowest BCUT2D eigenvalue weighted by atomic mass is 10.4. The number of ether oxygens (including phenoxy) is 1. The molecule has 108 valence electrons. The third-order valence-electron chi connectivity index (χ3n) is 2.28. The summed E-state index contributed by atoms with van der Waals surface area (Å²) in [5, 5.41) is 3.27. The molecule has 1 aromatic carbocycles. The van der Waals surface area contributed by atoms with Crippen molar-refractivity contribution in [3.05, 3.63) is 28.2 Å². The summed E-state index contributed by atoms with van der Waals surface area (Å²) in [6, 6.07) is 4.49. The summed E-state index contributed by atoms with van der Waals surface area (Å²) in [5.41, 5.74) is 0. The van der Waals surface area contributed by atoms with Crippen molar-refractivity contribution < 1.29 is 13.2 Å². The van der Waals surface area contributed by atoms with E-state index in [0.29, 0.717) is 19.7 Å². The largest absolute Gasteiger partial charge is 0.383 e. The number of nitrogens with one attached hydrogen (secondary N) is 2. The second kappa shape index (κ2) is 8.04. The molecule has 0 heterocycles. The van der Waals surface area contributed by atoms with E-state index in [9.17, 15) is 8.42 Å². The quantitative estimate of drug-likeness (QED) is 0.710. The summed E-state index contributed by atoms with van der Waals surface area (Å²) in [6.07, 6.45) is 0. The summed E-state index contributed by atoms with van der Waals surface area (Å²) >= 11 is 11.7. The summed E-state index contributed by atoms with van der Waals surface area (Å²) in [7, 11) is -2.04. The Hall–Kier alpha value is -0.370. The highest BCUT2D eigenvalue weighted by atomic mass is 35.5. The van der Waals surface area contributed by atoms with E-state index in [1.54, 1.807) is 13.2 Å². The van der Waals surface area contributed by atoms with Crippen molar-refractivity contribution in [3.8, 4) is 0 Å². The first-order chi connectivity index (χ1) is 8.99. The molecule has 0 radical (unpaired) electrons. The Morgan fingerprint density at radius 3 is 2.63 bits per heavy atom. The van der Waals surface area contributed by atoms with Gasteiger partial charge in [0.05, 0.1) is 16.7 Å². The first kappa shape index (κ1) is 16.7. The van der Waals surface area contributed by atoms with Crippen LogP contribution in [0.3, 0.4) is 0 Å². The molecule has 0 bridgehead atoms. The minimum atomic E-state index is -3.64. The maximum Gasteiger partial charge on any atom is 0.242 e. The van der Waals surface area contributed by atoms with Crippen molar-refractivity contribution in [3.63, 3.8) is 0 Å². The van der Waals surface area contributed by atoms with E-state index in [4.69, 9.17) is 27.9 Å². The SMILES string of the molecule is COCCNCCNS(=O)(=O)c1cccc(Cl)c1Cl. The average molecular weight is 327 g/mol. The van der Waals surface area contributed by atoms with Gasteiger partial charge in [-0.3, -0.25) is 0 Å². The van der Waals surface area contributed by atoms with E-state index in [2.05, 4.69) is 10.0 Å². The molecule has 0 atom stereocenters. The fraction of sp³-hybridized carbons (Fsp3) is 0.455. The lowest BCUT2D eigenvalue weighted by Gasteiger charge is -2.09. The molecule has 8 heteroatoms. The molecule has 0 spiro atoms. The fourth-order valence-corrected chi connectivity index (χ4v) is 3.13. The molecule has 1 rings (SSSR count). The van der Waals surface area contributed by atoms with Crippen LogP contribution in [0.15, 0.2) is 23.1 Å². The van der Waals surface area contributed by atoms with Gasteiger partial charge in [-0.15, -0.1) is 0 Å². The molecule has 1 aromatic rings. The van der Waals surface area contributed by atoms with Gasteiger partial charge in [0.25, 0.3) is 0 Å². The van der Waals surface area contributed by atoms with Gasteiger partial charge in [0, 0.05) is 26.7 Å². The minimum absolute atomic E-state index is 0.0152. The van der Waals surface area contributed by atoms with Gasteiger partial charge in [-0.1, -0.05) is 29.3 Å². The maximum atomic E-state index is 12.0. The van der Waals surface area contributed by atoms with Gasteiger partial charge in [0.2, 0.25) is 10.0 Å². The van der Waals surface area contributed by atoms with Gasteiger partial charge >= 0.3 is 0 Å². The third-order valence-corrected chi connectivity index (χ3v) is 4.72. The van der Waals surface area contributed by atoms with Gasteiger partial charge in [0.1, 0.15) is 4.90 Å². The molecule has 19 heavy (non-hydrogen) atoms. The first-order valence-electron chi connectivity index (χ1n) is 5.62. The van der Waals surface area contributed by atoms with Crippen LogP contribution in [0.4, 0.5) is 0 Å². The second-order valence-electron chi connectivity index (χ2n) is 3.69. The van der Waals surface area contributed by atoms with Crippen LogP contribution in [-0.4, -0.2) is 41.8 Å². The molecule has 5 nitrogen and oxygen atoms in total. The molecular weight excluding hydrogens is 311 g/mol. The van der Waals surface area contributed by atoms with E-state index in [0.717, 1.165) is 0 Å². The van der Waals surface area contributed by atoms with Crippen LogP contribution in [0.25, 0.3) is 0 Å². The Kier molecular flexibility index (Phi) is 7.06. The van der Waals surface area contributed by atoms with Crippen LogP contribution in [0, 0.1) is 0 Å². The summed E-state index contributed by atoms with van der Waals surface area (Å²) in [5.74, 6) is 0. The monoisotopic (exact) mass is 326 g/mol. The van der Waals surface area contributed by atoms with E-state index >= 15 is 0 Å². The topological polar surface area (TPSA) is 67.4 Å². The lowest BCUT2D eigenvalue weighted by molar-refractivity contribution is 0.199. The van der Waals surface area contributed by atoms with Crippen LogP contribution in [-0.2, 0) is 14.8 Å². The third kappa shape index (κ3) is 5.25. The van der Waals surface area contributed by atoms with Gasteiger partial charge in [-0.25, -0.2) is 13.1 Å². The van der Waals surface area contributed by atoms with Gasteiger partial charge in [-0.05, 0) is 12.1 Å². The van der Waals surface area contributed by atoms with Crippen molar-refractivity contribution in [1.82, 2.24) is 10.0 Å². The highest BCUT2D eigenvalue weighted by molar-refractivity contribution is 7.89. The van der Waals surface area contributed by atoms with E-state index < -0.39 is 10.0 Å². The molecule has 0 aromatic heterocycles.